The second kappa shape index (κ2) is 30.8. The Kier molecular flexibility index (Phi) is 30.3. The van der Waals surface area contributed by atoms with Gasteiger partial charge in [-0.1, -0.05) is 184 Å². The zero-order valence-electron chi connectivity index (χ0n) is 28.7. The average molecular weight is 690 g/mol. The Balaban J connectivity index is 4.38. The van der Waals surface area contributed by atoms with Crippen LogP contribution in [0.25, 0.3) is 0 Å². The molecule has 0 aliphatic heterocycles. The number of esters is 1. The fourth-order valence-electron chi connectivity index (χ4n) is 5.66. The summed E-state index contributed by atoms with van der Waals surface area (Å²) in [5.41, 5.74) is 0. The highest BCUT2D eigenvalue weighted by molar-refractivity contribution is 9.11. The lowest BCUT2D eigenvalue weighted by Gasteiger charge is -2.23. The van der Waals surface area contributed by atoms with Crippen molar-refractivity contribution in [3.8, 4) is 0 Å². The molecule has 260 valence electrons. The second-order valence-electron chi connectivity index (χ2n) is 12.9. The Morgan fingerprint density at radius 1 is 0.545 bits per heavy atom. The van der Waals surface area contributed by atoms with Crippen LogP contribution in [0, 0.1) is 0 Å². The number of unbranched alkanes of at least 4 members (excludes halogenated alkanes) is 24. The van der Waals surface area contributed by atoms with Crippen molar-refractivity contribution in [3.63, 3.8) is 0 Å². The maximum Gasteiger partial charge on any atom is 0.338 e. The van der Waals surface area contributed by atoms with E-state index in [0.29, 0.717) is 12.8 Å². The lowest BCUT2D eigenvalue weighted by Crippen LogP contribution is -2.49. The molecule has 0 saturated heterocycles. The third-order valence-electron chi connectivity index (χ3n) is 8.68. The van der Waals surface area contributed by atoms with E-state index in [-0.39, 0.29) is 12.8 Å². The van der Waals surface area contributed by atoms with Crippen LogP contribution in [0.1, 0.15) is 194 Å². The van der Waals surface area contributed by atoms with Gasteiger partial charge in [-0.15, -0.1) is 0 Å². The molecule has 1 atom stereocenters. The quantitative estimate of drug-likeness (QED) is 0.0302. The summed E-state index contributed by atoms with van der Waals surface area (Å²) in [6.07, 6.45) is 30.0. The van der Waals surface area contributed by atoms with E-state index in [1.165, 1.54) is 116 Å². The summed E-state index contributed by atoms with van der Waals surface area (Å²) in [5, 5.41) is 18.7. The third kappa shape index (κ3) is 22.7. The van der Waals surface area contributed by atoms with Gasteiger partial charge in [0, 0.05) is 12.8 Å². The van der Waals surface area contributed by atoms with Gasteiger partial charge in [-0.3, -0.25) is 9.59 Å². The molecular weight excluding hydrogens is 620 g/mol. The molecule has 0 radical (unpaired) electrons. The molecule has 0 heterocycles. The van der Waals surface area contributed by atoms with Crippen molar-refractivity contribution in [2.24, 2.45) is 0 Å². The summed E-state index contributed by atoms with van der Waals surface area (Å²) >= 11 is 3.21. The molecule has 0 fully saturated rings. The molecule has 0 aromatic carbocycles. The molecule has 7 heteroatoms. The second-order valence-corrected chi connectivity index (χ2v) is 14.1. The van der Waals surface area contributed by atoms with Crippen LogP contribution in [0.15, 0.2) is 0 Å². The lowest BCUT2D eigenvalue weighted by atomic mass is 9.91. The molecular formula is C37H69BrO6. The van der Waals surface area contributed by atoms with Crippen LogP contribution in [-0.2, 0) is 19.1 Å². The molecule has 0 aromatic rings. The molecule has 44 heavy (non-hydrogen) atoms. The van der Waals surface area contributed by atoms with Crippen LogP contribution < -0.4 is 0 Å². The van der Waals surface area contributed by atoms with E-state index in [1.54, 1.807) is 0 Å². The number of rotatable bonds is 34. The molecule has 0 aliphatic rings. The SMILES string of the molecule is CCCCCCCCCCCCCCCC(=O)C(Br)(C(=O)CCCCCCCCCCCCCCC)C(=O)OCC(O)CO. The molecule has 0 bridgehead atoms. The monoisotopic (exact) mass is 688 g/mol. The number of hydrogen-bond acceptors (Lipinski definition) is 6. The number of ketones is 2. The molecule has 0 rings (SSSR count). The van der Waals surface area contributed by atoms with Crippen LogP contribution in [-0.4, -0.2) is 51.4 Å². The first kappa shape index (κ1) is 43.2. The van der Waals surface area contributed by atoms with Crippen LogP contribution in [0.3, 0.4) is 0 Å². The molecule has 0 spiro atoms. The summed E-state index contributed by atoms with van der Waals surface area (Å²) in [7, 11) is 0. The Hall–Kier alpha value is -0.790. The van der Waals surface area contributed by atoms with Gasteiger partial charge in [-0.05, 0) is 12.8 Å². The number of aliphatic hydroxyl groups is 2. The smallest absolute Gasteiger partial charge is 0.338 e. The number of hydrogen-bond donors (Lipinski definition) is 2. The minimum absolute atomic E-state index is 0.130. The minimum Gasteiger partial charge on any atom is -0.461 e. The first-order valence-electron chi connectivity index (χ1n) is 18.6. The van der Waals surface area contributed by atoms with Crippen molar-refractivity contribution in [1.82, 2.24) is 0 Å². The van der Waals surface area contributed by atoms with E-state index in [4.69, 9.17) is 9.84 Å². The van der Waals surface area contributed by atoms with Crippen LogP contribution >= 0.6 is 15.9 Å². The van der Waals surface area contributed by atoms with Gasteiger partial charge in [0.2, 0.25) is 4.32 Å². The maximum atomic E-state index is 13.2. The Labute approximate surface area is 279 Å². The number of Topliss-reactive ketones (excluding diaryl/α,β-unsaturated/α-hetero) is 2. The van der Waals surface area contributed by atoms with Gasteiger partial charge in [0.1, 0.15) is 12.7 Å². The van der Waals surface area contributed by atoms with Gasteiger partial charge < -0.3 is 14.9 Å². The third-order valence-corrected chi connectivity index (χ3v) is 9.89. The van der Waals surface area contributed by atoms with E-state index < -0.39 is 41.2 Å². The van der Waals surface area contributed by atoms with Gasteiger partial charge in [0.25, 0.3) is 0 Å². The molecule has 0 aliphatic carbocycles. The minimum atomic E-state index is -2.03. The van der Waals surface area contributed by atoms with Gasteiger partial charge in [-0.2, -0.15) is 0 Å². The van der Waals surface area contributed by atoms with Crippen molar-refractivity contribution < 1.29 is 29.3 Å². The predicted molar refractivity (Wildman–Crippen MR) is 186 cm³/mol. The van der Waals surface area contributed by atoms with E-state index >= 15 is 0 Å². The fourth-order valence-corrected chi connectivity index (χ4v) is 6.17. The van der Waals surface area contributed by atoms with E-state index in [9.17, 15) is 19.5 Å². The average Bonchev–Trinajstić information content (AvgIpc) is 3.03. The zero-order valence-corrected chi connectivity index (χ0v) is 30.3. The van der Waals surface area contributed by atoms with Gasteiger partial charge in [0.15, 0.2) is 11.6 Å². The van der Waals surface area contributed by atoms with Crippen LogP contribution in [0.4, 0.5) is 0 Å². The first-order valence-corrected chi connectivity index (χ1v) is 19.3. The number of halogens is 1. The summed E-state index contributed by atoms with van der Waals surface area (Å²) in [4.78, 5) is 39.4. The summed E-state index contributed by atoms with van der Waals surface area (Å²) in [6, 6.07) is 0. The Morgan fingerprint density at radius 3 is 1.09 bits per heavy atom. The molecule has 0 saturated carbocycles. The maximum absolute atomic E-state index is 13.2. The van der Waals surface area contributed by atoms with Gasteiger partial charge in [0.05, 0.1) is 6.61 Å². The highest BCUT2D eigenvalue weighted by Crippen LogP contribution is 2.29. The standard InChI is InChI=1S/C37H69BrO6/c1-3-5-7-9-11-13-15-17-19-21-23-25-27-29-34(41)37(38,36(43)44-32-33(40)31-39)35(42)30-28-26-24-22-20-18-16-14-12-10-8-6-4-2/h33,39-40H,3-32H2,1-2H3. The number of aliphatic hydroxyl groups excluding tert-OH is 2. The zero-order chi connectivity index (χ0) is 32.7. The van der Waals surface area contributed by atoms with Crippen molar-refractivity contribution in [3.05, 3.63) is 0 Å². The van der Waals surface area contributed by atoms with Crippen molar-refractivity contribution in [2.45, 2.75) is 204 Å². The topological polar surface area (TPSA) is 101 Å². The Bertz CT molecular complexity index is 655. The van der Waals surface area contributed by atoms with Crippen LogP contribution in [0.5, 0.6) is 0 Å². The highest BCUT2D eigenvalue weighted by atomic mass is 79.9. The fraction of sp³-hybridized carbons (Fsp3) is 0.919. The first-order chi connectivity index (χ1) is 21.3. The normalized spacial score (nSPS) is 12.4. The number of ether oxygens (including phenoxy) is 1. The van der Waals surface area contributed by atoms with E-state index in [0.717, 1.165) is 38.5 Å². The highest BCUT2D eigenvalue weighted by Gasteiger charge is 2.50. The van der Waals surface area contributed by atoms with Gasteiger partial charge in [-0.25, -0.2) is 4.79 Å². The van der Waals surface area contributed by atoms with Crippen molar-refractivity contribution >= 4 is 33.5 Å². The van der Waals surface area contributed by atoms with E-state index in [2.05, 4.69) is 29.8 Å². The molecule has 0 aromatic heterocycles. The Morgan fingerprint density at radius 2 is 0.818 bits per heavy atom. The largest absolute Gasteiger partial charge is 0.461 e. The summed E-state index contributed by atoms with van der Waals surface area (Å²) in [5.74, 6) is -1.92. The summed E-state index contributed by atoms with van der Waals surface area (Å²) in [6.45, 7) is 3.46. The van der Waals surface area contributed by atoms with Crippen LogP contribution in [0.2, 0.25) is 0 Å². The van der Waals surface area contributed by atoms with Crippen molar-refractivity contribution in [1.29, 1.82) is 0 Å². The predicted octanol–water partition coefficient (Wildman–Crippen LogP) is 10.1. The number of carbonyl (C=O) groups is 3. The number of carbonyl (C=O) groups excluding carboxylic acids is 3. The van der Waals surface area contributed by atoms with E-state index in [1.807, 2.05) is 0 Å². The number of alkyl halides is 1. The molecule has 2 N–H and O–H groups in total. The molecule has 0 amide bonds. The molecule has 1 unspecified atom stereocenters. The summed E-state index contributed by atoms with van der Waals surface area (Å²) < 4.78 is 3.07. The van der Waals surface area contributed by atoms with Gasteiger partial charge >= 0.3 is 5.97 Å². The lowest BCUT2D eigenvalue weighted by molar-refractivity contribution is -0.155. The molecule has 6 nitrogen and oxygen atoms in total. The van der Waals surface area contributed by atoms with Crippen molar-refractivity contribution in [2.75, 3.05) is 13.2 Å².